The van der Waals surface area contributed by atoms with E-state index in [0.717, 1.165) is 18.2 Å². The van der Waals surface area contributed by atoms with Gasteiger partial charge in [-0.2, -0.15) is 18.3 Å². The van der Waals surface area contributed by atoms with E-state index >= 15 is 0 Å². The van der Waals surface area contributed by atoms with E-state index in [1.54, 1.807) is 0 Å². The zero-order chi connectivity index (χ0) is 18.4. The van der Waals surface area contributed by atoms with Crippen LogP contribution in [0.5, 0.6) is 0 Å². The highest BCUT2D eigenvalue weighted by Crippen LogP contribution is 2.35. The van der Waals surface area contributed by atoms with E-state index in [-0.39, 0.29) is 22.0 Å². The summed E-state index contributed by atoms with van der Waals surface area (Å²) in [6, 6.07) is 5.80. The van der Waals surface area contributed by atoms with Crippen LogP contribution in [0.25, 0.3) is 10.9 Å². The molecule has 0 fully saturated rings. The van der Waals surface area contributed by atoms with Crippen LogP contribution in [0, 0.1) is 5.82 Å². The van der Waals surface area contributed by atoms with Gasteiger partial charge in [-0.05, 0) is 34.1 Å². The Balaban J connectivity index is 2.07. The second kappa shape index (κ2) is 6.14. The second-order valence-corrected chi connectivity index (χ2v) is 6.13. The number of carboxylic acids is 1. The molecule has 3 aromatic rings. The predicted octanol–water partition coefficient (Wildman–Crippen LogP) is 4.70. The summed E-state index contributed by atoms with van der Waals surface area (Å²) in [6.45, 7) is -0.125. The van der Waals surface area contributed by atoms with Gasteiger partial charge in [-0.15, -0.1) is 0 Å². The van der Waals surface area contributed by atoms with Crippen molar-refractivity contribution in [1.82, 2.24) is 9.78 Å². The topological polar surface area (TPSA) is 55.1 Å². The number of carboxylic acid groups (broad SMARTS) is 1. The summed E-state index contributed by atoms with van der Waals surface area (Å²) in [5, 5.41) is 13.2. The molecule has 0 radical (unpaired) electrons. The molecule has 130 valence electrons. The first kappa shape index (κ1) is 17.4. The maximum Gasteiger partial charge on any atom is 0.416 e. The molecule has 0 unspecified atom stereocenters. The van der Waals surface area contributed by atoms with Crippen molar-refractivity contribution in [2.75, 3.05) is 0 Å². The van der Waals surface area contributed by atoms with Crippen LogP contribution in [0.1, 0.15) is 21.5 Å². The zero-order valence-corrected chi connectivity index (χ0v) is 13.9. The Kier molecular flexibility index (Phi) is 4.28. The van der Waals surface area contributed by atoms with Crippen molar-refractivity contribution in [1.29, 1.82) is 0 Å². The molecule has 25 heavy (non-hydrogen) atoms. The molecule has 3 rings (SSSR count). The van der Waals surface area contributed by atoms with E-state index in [0.29, 0.717) is 5.52 Å². The van der Waals surface area contributed by atoms with E-state index in [1.165, 1.54) is 23.0 Å². The zero-order valence-electron chi connectivity index (χ0n) is 12.3. The number of alkyl halides is 3. The van der Waals surface area contributed by atoms with Crippen LogP contribution in [0.2, 0.25) is 0 Å². The summed E-state index contributed by atoms with van der Waals surface area (Å²) in [7, 11) is 0. The Bertz CT molecular complexity index is 982. The van der Waals surface area contributed by atoms with Gasteiger partial charge in [0.1, 0.15) is 5.82 Å². The smallest absolute Gasteiger partial charge is 0.416 e. The summed E-state index contributed by atoms with van der Waals surface area (Å²) in [4.78, 5) is 11.0. The van der Waals surface area contributed by atoms with Gasteiger partial charge in [0.2, 0.25) is 0 Å². The second-order valence-electron chi connectivity index (χ2n) is 5.28. The Hall–Kier alpha value is -2.42. The lowest BCUT2D eigenvalue weighted by Gasteiger charge is -2.10. The fourth-order valence-electron chi connectivity index (χ4n) is 2.49. The molecule has 0 saturated carbocycles. The Morgan fingerprint density at radius 2 is 2.00 bits per heavy atom. The first-order chi connectivity index (χ1) is 11.7. The molecule has 0 amide bonds. The van der Waals surface area contributed by atoms with Gasteiger partial charge in [0, 0.05) is 15.4 Å². The number of halogens is 5. The molecule has 1 aromatic heterocycles. The molecule has 0 atom stereocenters. The van der Waals surface area contributed by atoms with Gasteiger partial charge < -0.3 is 5.11 Å². The van der Waals surface area contributed by atoms with Gasteiger partial charge >= 0.3 is 12.1 Å². The number of aromatic nitrogens is 2. The van der Waals surface area contributed by atoms with Crippen molar-refractivity contribution in [2.45, 2.75) is 12.7 Å². The minimum atomic E-state index is -4.50. The van der Waals surface area contributed by atoms with Crippen LogP contribution in [0.4, 0.5) is 17.6 Å². The van der Waals surface area contributed by atoms with Gasteiger partial charge in [0.05, 0.1) is 29.4 Å². The average Bonchev–Trinajstić information content (AvgIpc) is 2.92. The Labute approximate surface area is 146 Å². The third-order valence-electron chi connectivity index (χ3n) is 3.64. The lowest BCUT2D eigenvalue weighted by Crippen LogP contribution is -2.09. The molecule has 9 heteroatoms. The van der Waals surface area contributed by atoms with Crippen LogP contribution in [0.3, 0.4) is 0 Å². The van der Waals surface area contributed by atoms with E-state index < -0.39 is 29.1 Å². The van der Waals surface area contributed by atoms with Gasteiger partial charge in [-0.25, -0.2) is 9.18 Å². The van der Waals surface area contributed by atoms with Crippen molar-refractivity contribution >= 4 is 32.8 Å². The molecule has 0 aliphatic carbocycles. The lowest BCUT2D eigenvalue weighted by molar-refractivity contribution is -0.137. The van der Waals surface area contributed by atoms with Crippen molar-refractivity contribution in [3.05, 3.63) is 63.5 Å². The highest BCUT2D eigenvalue weighted by atomic mass is 79.9. The van der Waals surface area contributed by atoms with Crippen LogP contribution in [-0.4, -0.2) is 20.9 Å². The highest BCUT2D eigenvalue weighted by molar-refractivity contribution is 9.10. The normalized spacial score (nSPS) is 11.9. The number of benzene rings is 2. The third-order valence-corrected chi connectivity index (χ3v) is 4.25. The number of rotatable bonds is 3. The van der Waals surface area contributed by atoms with Gasteiger partial charge in [-0.3, -0.25) is 4.68 Å². The Morgan fingerprint density at radius 3 is 2.64 bits per heavy atom. The molecule has 1 heterocycles. The van der Waals surface area contributed by atoms with E-state index in [9.17, 15) is 22.4 Å². The van der Waals surface area contributed by atoms with E-state index in [2.05, 4.69) is 21.0 Å². The van der Waals surface area contributed by atoms with Crippen LogP contribution >= 0.6 is 15.9 Å². The maximum atomic E-state index is 14.3. The van der Waals surface area contributed by atoms with E-state index in [1.807, 2.05) is 0 Å². The van der Waals surface area contributed by atoms with E-state index in [4.69, 9.17) is 5.11 Å². The lowest BCUT2D eigenvalue weighted by atomic mass is 10.1. The number of aromatic carboxylic acids is 1. The minimum absolute atomic E-state index is 0.0664. The highest BCUT2D eigenvalue weighted by Gasteiger charge is 2.31. The summed E-state index contributed by atoms with van der Waals surface area (Å²) in [6.07, 6.45) is -3.25. The maximum absolute atomic E-state index is 14.3. The number of hydrogen-bond acceptors (Lipinski definition) is 2. The monoisotopic (exact) mass is 416 g/mol. The third kappa shape index (κ3) is 3.23. The summed E-state index contributed by atoms with van der Waals surface area (Å²) < 4.78 is 54.3. The van der Waals surface area contributed by atoms with Crippen molar-refractivity contribution < 1.29 is 27.5 Å². The quantitative estimate of drug-likeness (QED) is 0.629. The molecule has 2 aromatic carbocycles. The SMILES string of the molecule is O=C(O)c1cccc(Cn2ncc3cc(C(F)(F)F)cc(Br)c32)c1F. The van der Waals surface area contributed by atoms with Crippen molar-refractivity contribution in [3.8, 4) is 0 Å². The molecular formula is C16H9BrF4N2O2. The van der Waals surface area contributed by atoms with Crippen molar-refractivity contribution in [2.24, 2.45) is 0 Å². The molecular weight excluding hydrogens is 408 g/mol. The van der Waals surface area contributed by atoms with Crippen molar-refractivity contribution in [3.63, 3.8) is 0 Å². The summed E-state index contributed by atoms with van der Waals surface area (Å²) in [5.74, 6) is -2.30. The first-order valence-electron chi connectivity index (χ1n) is 6.91. The standard InChI is InChI=1S/C16H9BrF4N2O2/c17-12-5-10(16(19,20)21)4-9-6-22-23(14(9)12)7-8-2-1-3-11(13(8)18)15(24)25/h1-6H,7H2,(H,24,25). The fraction of sp³-hybridized carbons (Fsp3) is 0.125. The minimum Gasteiger partial charge on any atom is -0.478 e. The molecule has 1 N–H and O–H groups in total. The molecule has 0 saturated heterocycles. The van der Waals surface area contributed by atoms with Gasteiger partial charge in [0.15, 0.2) is 0 Å². The van der Waals surface area contributed by atoms with Gasteiger partial charge in [-0.1, -0.05) is 12.1 Å². The predicted molar refractivity (Wildman–Crippen MR) is 84.9 cm³/mol. The first-order valence-corrected chi connectivity index (χ1v) is 7.70. The number of fused-ring (bicyclic) bond motifs is 1. The number of hydrogen-bond donors (Lipinski definition) is 1. The average molecular weight is 417 g/mol. The number of nitrogens with zero attached hydrogens (tertiary/aromatic N) is 2. The van der Waals surface area contributed by atoms with Crippen LogP contribution in [-0.2, 0) is 12.7 Å². The molecule has 0 spiro atoms. The van der Waals surface area contributed by atoms with Crippen LogP contribution < -0.4 is 0 Å². The number of carbonyl (C=O) groups is 1. The van der Waals surface area contributed by atoms with Gasteiger partial charge in [0.25, 0.3) is 0 Å². The summed E-state index contributed by atoms with van der Waals surface area (Å²) in [5.41, 5.74) is -0.886. The summed E-state index contributed by atoms with van der Waals surface area (Å²) >= 11 is 3.09. The fourth-order valence-corrected chi connectivity index (χ4v) is 3.17. The molecule has 0 bridgehead atoms. The Morgan fingerprint density at radius 1 is 1.28 bits per heavy atom. The molecule has 4 nitrogen and oxygen atoms in total. The largest absolute Gasteiger partial charge is 0.478 e. The molecule has 0 aliphatic rings. The molecule has 0 aliphatic heterocycles. The van der Waals surface area contributed by atoms with Crippen LogP contribution in [0.15, 0.2) is 41.0 Å².